The van der Waals surface area contributed by atoms with Crippen molar-refractivity contribution in [3.8, 4) is 5.75 Å². The fourth-order valence-corrected chi connectivity index (χ4v) is 2.54. The van der Waals surface area contributed by atoms with E-state index < -0.39 is 0 Å². The SMILES string of the molecule is CCOc1ccc(C(=O)NC(C)c2ccc(C)cc2C)cc1. The Morgan fingerprint density at radius 3 is 2.41 bits per heavy atom. The number of amides is 1. The van der Waals surface area contributed by atoms with Gasteiger partial charge in [-0.2, -0.15) is 0 Å². The number of nitrogens with one attached hydrogen (secondary N) is 1. The van der Waals surface area contributed by atoms with Crippen LogP contribution in [0.25, 0.3) is 0 Å². The molecule has 1 amide bonds. The van der Waals surface area contributed by atoms with Crippen molar-refractivity contribution in [3.63, 3.8) is 0 Å². The summed E-state index contributed by atoms with van der Waals surface area (Å²) < 4.78 is 5.39. The molecule has 0 aliphatic heterocycles. The van der Waals surface area contributed by atoms with Crippen LogP contribution in [0, 0.1) is 13.8 Å². The molecule has 0 aromatic heterocycles. The largest absolute Gasteiger partial charge is 0.494 e. The summed E-state index contributed by atoms with van der Waals surface area (Å²) >= 11 is 0. The second-order valence-corrected chi connectivity index (χ2v) is 5.51. The summed E-state index contributed by atoms with van der Waals surface area (Å²) in [6.07, 6.45) is 0. The van der Waals surface area contributed by atoms with Gasteiger partial charge in [0.2, 0.25) is 0 Å². The van der Waals surface area contributed by atoms with Crippen LogP contribution in [-0.4, -0.2) is 12.5 Å². The van der Waals surface area contributed by atoms with E-state index in [1.54, 1.807) is 12.1 Å². The first-order chi connectivity index (χ1) is 10.5. The maximum Gasteiger partial charge on any atom is 0.251 e. The van der Waals surface area contributed by atoms with Crippen LogP contribution in [0.15, 0.2) is 42.5 Å². The molecule has 1 atom stereocenters. The van der Waals surface area contributed by atoms with Crippen molar-refractivity contribution in [1.82, 2.24) is 5.32 Å². The number of hydrogen-bond donors (Lipinski definition) is 1. The molecular weight excluding hydrogens is 274 g/mol. The van der Waals surface area contributed by atoms with Crippen molar-refractivity contribution in [3.05, 3.63) is 64.7 Å². The maximum absolute atomic E-state index is 12.3. The number of carbonyl (C=O) groups is 1. The van der Waals surface area contributed by atoms with Gasteiger partial charge in [0.15, 0.2) is 0 Å². The van der Waals surface area contributed by atoms with Crippen molar-refractivity contribution >= 4 is 5.91 Å². The lowest BCUT2D eigenvalue weighted by molar-refractivity contribution is 0.0940. The van der Waals surface area contributed by atoms with Crippen LogP contribution in [0.5, 0.6) is 5.75 Å². The zero-order chi connectivity index (χ0) is 16.1. The number of aryl methyl sites for hydroxylation is 2. The van der Waals surface area contributed by atoms with Crippen molar-refractivity contribution in [1.29, 1.82) is 0 Å². The Balaban J connectivity index is 2.07. The van der Waals surface area contributed by atoms with Crippen LogP contribution in [0.3, 0.4) is 0 Å². The predicted molar refractivity (Wildman–Crippen MR) is 89.4 cm³/mol. The molecule has 0 aliphatic carbocycles. The molecule has 2 aromatic carbocycles. The van der Waals surface area contributed by atoms with Crippen molar-refractivity contribution in [2.45, 2.75) is 33.7 Å². The summed E-state index contributed by atoms with van der Waals surface area (Å²) in [4.78, 5) is 12.3. The van der Waals surface area contributed by atoms with Gasteiger partial charge in [-0.15, -0.1) is 0 Å². The van der Waals surface area contributed by atoms with E-state index in [1.165, 1.54) is 11.1 Å². The highest BCUT2D eigenvalue weighted by Gasteiger charge is 2.13. The van der Waals surface area contributed by atoms with E-state index in [4.69, 9.17) is 4.74 Å². The van der Waals surface area contributed by atoms with Crippen LogP contribution in [0.2, 0.25) is 0 Å². The highest BCUT2D eigenvalue weighted by atomic mass is 16.5. The minimum Gasteiger partial charge on any atom is -0.494 e. The molecule has 0 saturated carbocycles. The normalized spacial score (nSPS) is 11.8. The Morgan fingerprint density at radius 1 is 1.14 bits per heavy atom. The first kappa shape index (κ1) is 16.1. The monoisotopic (exact) mass is 297 g/mol. The summed E-state index contributed by atoms with van der Waals surface area (Å²) in [5.74, 6) is 0.706. The number of hydrogen-bond acceptors (Lipinski definition) is 2. The van der Waals surface area contributed by atoms with E-state index >= 15 is 0 Å². The Labute approximate surface area is 132 Å². The molecule has 2 aromatic rings. The minimum absolute atomic E-state index is 0.0281. The third-order valence-electron chi connectivity index (χ3n) is 3.67. The Hall–Kier alpha value is -2.29. The zero-order valence-electron chi connectivity index (χ0n) is 13.6. The maximum atomic E-state index is 12.3. The average Bonchev–Trinajstić information content (AvgIpc) is 2.48. The van der Waals surface area contributed by atoms with E-state index in [2.05, 4.69) is 37.4 Å². The molecular formula is C19H23NO2. The van der Waals surface area contributed by atoms with Gasteiger partial charge < -0.3 is 10.1 Å². The Bertz CT molecular complexity index is 647. The second-order valence-electron chi connectivity index (χ2n) is 5.51. The van der Waals surface area contributed by atoms with E-state index in [-0.39, 0.29) is 11.9 Å². The standard InChI is InChI=1S/C19H23NO2/c1-5-22-17-9-7-16(8-10-17)19(21)20-15(4)18-11-6-13(2)12-14(18)3/h6-12,15H,5H2,1-4H3,(H,20,21). The quantitative estimate of drug-likeness (QED) is 0.898. The van der Waals surface area contributed by atoms with Crippen LogP contribution in [0.1, 0.15) is 46.9 Å². The first-order valence-electron chi connectivity index (χ1n) is 7.62. The lowest BCUT2D eigenvalue weighted by Gasteiger charge is -2.17. The average molecular weight is 297 g/mol. The molecule has 1 N–H and O–H groups in total. The van der Waals surface area contributed by atoms with Gasteiger partial charge in [0.25, 0.3) is 5.91 Å². The second kappa shape index (κ2) is 7.12. The molecule has 1 unspecified atom stereocenters. The molecule has 0 bridgehead atoms. The molecule has 2 rings (SSSR count). The molecule has 3 nitrogen and oxygen atoms in total. The molecule has 3 heteroatoms. The van der Waals surface area contributed by atoms with Crippen molar-refractivity contribution in [2.24, 2.45) is 0 Å². The van der Waals surface area contributed by atoms with E-state index in [0.717, 1.165) is 11.3 Å². The number of rotatable bonds is 5. The van der Waals surface area contributed by atoms with Crippen LogP contribution in [0.4, 0.5) is 0 Å². The third kappa shape index (κ3) is 3.88. The van der Waals surface area contributed by atoms with Gasteiger partial charge >= 0.3 is 0 Å². The zero-order valence-corrected chi connectivity index (χ0v) is 13.6. The number of carbonyl (C=O) groups excluding carboxylic acids is 1. The van der Waals surface area contributed by atoms with Gasteiger partial charge in [-0.3, -0.25) is 4.79 Å². The predicted octanol–water partition coefficient (Wildman–Crippen LogP) is 4.19. The van der Waals surface area contributed by atoms with E-state index in [0.29, 0.717) is 12.2 Å². The third-order valence-corrected chi connectivity index (χ3v) is 3.67. The molecule has 0 fully saturated rings. The topological polar surface area (TPSA) is 38.3 Å². The van der Waals surface area contributed by atoms with Crippen LogP contribution >= 0.6 is 0 Å². The summed E-state index contributed by atoms with van der Waals surface area (Å²) in [6.45, 7) is 8.70. The first-order valence-corrected chi connectivity index (χ1v) is 7.62. The van der Waals surface area contributed by atoms with Crippen LogP contribution < -0.4 is 10.1 Å². The highest BCUT2D eigenvalue weighted by molar-refractivity contribution is 5.94. The molecule has 0 radical (unpaired) electrons. The number of ether oxygens (including phenoxy) is 1. The van der Waals surface area contributed by atoms with Gasteiger partial charge in [0.1, 0.15) is 5.75 Å². The summed E-state index contributed by atoms with van der Waals surface area (Å²) in [6, 6.07) is 13.5. The van der Waals surface area contributed by atoms with Crippen molar-refractivity contribution < 1.29 is 9.53 Å². The smallest absolute Gasteiger partial charge is 0.251 e. The summed E-state index contributed by atoms with van der Waals surface area (Å²) in [5, 5.41) is 3.04. The fraction of sp³-hybridized carbons (Fsp3) is 0.316. The lowest BCUT2D eigenvalue weighted by Crippen LogP contribution is -2.27. The fourth-order valence-electron chi connectivity index (χ4n) is 2.54. The van der Waals surface area contributed by atoms with E-state index in [1.807, 2.05) is 26.0 Å². The Morgan fingerprint density at radius 2 is 1.82 bits per heavy atom. The van der Waals surface area contributed by atoms with Gasteiger partial charge in [-0.05, 0) is 63.1 Å². The molecule has 0 spiro atoms. The molecule has 22 heavy (non-hydrogen) atoms. The molecule has 116 valence electrons. The molecule has 0 saturated heterocycles. The van der Waals surface area contributed by atoms with Crippen molar-refractivity contribution in [2.75, 3.05) is 6.61 Å². The van der Waals surface area contributed by atoms with Gasteiger partial charge in [0.05, 0.1) is 12.6 Å². The number of benzene rings is 2. The van der Waals surface area contributed by atoms with Gasteiger partial charge in [0, 0.05) is 5.56 Å². The Kier molecular flexibility index (Phi) is 5.21. The molecule has 0 heterocycles. The molecule has 0 aliphatic rings. The van der Waals surface area contributed by atoms with Gasteiger partial charge in [-0.25, -0.2) is 0 Å². The lowest BCUT2D eigenvalue weighted by atomic mass is 10.00. The van der Waals surface area contributed by atoms with Gasteiger partial charge in [-0.1, -0.05) is 23.8 Å². The highest BCUT2D eigenvalue weighted by Crippen LogP contribution is 2.19. The summed E-state index contributed by atoms with van der Waals surface area (Å²) in [5.41, 5.74) is 4.20. The van der Waals surface area contributed by atoms with Crippen LogP contribution in [-0.2, 0) is 0 Å². The summed E-state index contributed by atoms with van der Waals surface area (Å²) in [7, 11) is 0. The minimum atomic E-state index is -0.0736. The van der Waals surface area contributed by atoms with E-state index in [9.17, 15) is 4.79 Å².